The molecule has 0 radical (unpaired) electrons. The first-order chi connectivity index (χ1) is 8.90. The van der Waals surface area contributed by atoms with Gasteiger partial charge in [-0.25, -0.2) is 9.20 Å². The Labute approximate surface area is 105 Å². The predicted octanol–water partition coefficient (Wildman–Crippen LogP) is 2.40. The average molecular weight is 238 g/mol. The summed E-state index contributed by atoms with van der Waals surface area (Å²) in [5, 5.41) is 8.90. The van der Waals surface area contributed by atoms with Crippen molar-refractivity contribution in [3.8, 4) is 5.69 Å². The summed E-state index contributed by atoms with van der Waals surface area (Å²) in [5.74, 6) is 0. The molecule has 0 atom stereocenters. The molecular weight excluding hydrogens is 224 g/mol. The number of aryl methyl sites for hydroxylation is 2. The van der Waals surface area contributed by atoms with Gasteiger partial charge in [-0.3, -0.25) is 0 Å². The highest BCUT2D eigenvalue weighted by Gasteiger charge is 2.14. The van der Waals surface area contributed by atoms with E-state index in [0.717, 1.165) is 17.6 Å². The van der Waals surface area contributed by atoms with Crippen LogP contribution in [0.1, 0.15) is 24.1 Å². The number of pyridine rings is 1. The van der Waals surface area contributed by atoms with Gasteiger partial charge in [0, 0.05) is 18.6 Å². The molecule has 4 rings (SSSR count). The van der Waals surface area contributed by atoms with Gasteiger partial charge in [-0.05, 0) is 49.4 Å². The van der Waals surface area contributed by atoms with E-state index in [-0.39, 0.29) is 0 Å². The second kappa shape index (κ2) is 3.70. The van der Waals surface area contributed by atoms with E-state index < -0.39 is 0 Å². The molecule has 1 aliphatic carbocycles. The Morgan fingerprint density at radius 2 is 2.06 bits per heavy atom. The molecule has 0 saturated heterocycles. The quantitative estimate of drug-likeness (QED) is 0.652. The fourth-order valence-corrected chi connectivity index (χ4v) is 2.66. The maximum Gasteiger partial charge on any atom is 0.0683 e. The van der Waals surface area contributed by atoms with E-state index in [0.29, 0.717) is 0 Å². The maximum atomic E-state index is 4.70. The van der Waals surface area contributed by atoms with Gasteiger partial charge in [0.05, 0.1) is 16.9 Å². The lowest BCUT2D eigenvalue weighted by Crippen LogP contribution is -2.00. The fraction of sp³-hybridized carbons (Fsp3) is 0.286. The molecule has 3 aromatic rings. The molecule has 4 heteroatoms. The Morgan fingerprint density at radius 3 is 3.00 bits per heavy atom. The number of nitrogens with zero attached hydrogens (tertiary/aromatic N) is 4. The molecule has 0 spiro atoms. The van der Waals surface area contributed by atoms with Crippen LogP contribution in [-0.4, -0.2) is 19.4 Å². The van der Waals surface area contributed by atoms with Gasteiger partial charge >= 0.3 is 0 Å². The van der Waals surface area contributed by atoms with E-state index >= 15 is 0 Å². The minimum atomic E-state index is 1.10. The van der Waals surface area contributed by atoms with Crippen LogP contribution in [0.25, 0.3) is 11.2 Å². The minimum absolute atomic E-state index is 1.10. The summed E-state index contributed by atoms with van der Waals surface area (Å²) >= 11 is 0. The first-order valence-electron chi connectivity index (χ1n) is 6.41. The van der Waals surface area contributed by atoms with E-state index in [9.17, 15) is 0 Å². The first kappa shape index (κ1) is 9.88. The van der Waals surface area contributed by atoms with Gasteiger partial charge in [-0.2, -0.15) is 10.2 Å². The van der Waals surface area contributed by atoms with Gasteiger partial charge in [0.1, 0.15) is 0 Å². The van der Waals surface area contributed by atoms with Crippen molar-refractivity contribution in [2.24, 2.45) is 0 Å². The SMILES string of the molecule is c1cc2cc(-n3cc4c(n3)CCCC4)ccn2n1. The Hall–Kier alpha value is -2.10. The van der Waals surface area contributed by atoms with Crippen molar-refractivity contribution in [2.45, 2.75) is 25.7 Å². The van der Waals surface area contributed by atoms with Gasteiger partial charge < -0.3 is 0 Å². The van der Waals surface area contributed by atoms with Gasteiger partial charge in [-0.15, -0.1) is 0 Å². The van der Waals surface area contributed by atoms with Crippen molar-refractivity contribution in [2.75, 3.05) is 0 Å². The summed E-state index contributed by atoms with van der Waals surface area (Å²) in [6.45, 7) is 0. The Bertz CT molecular complexity index is 684. The number of rotatable bonds is 1. The topological polar surface area (TPSA) is 35.1 Å². The normalized spacial score (nSPS) is 14.9. The number of fused-ring (bicyclic) bond motifs is 2. The molecule has 3 heterocycles. The van der Waals surface area contributed by atoms with Crippen molar-refractivity contribution in [1.82, 2.24) is 19.4 Å². The highest BCUT2D eigenvalue weighted by molar-refractivity contribution is 5.52. The molecule has 0 aromatic carbocycles. The van der Waals surface area contributed by atoms with Crippen LogP contribution in [-0.2, 0) is 12.8 Å². The molecule has 3 aromatic heterocycles. The van der Waals surface area contributed by atoms with Crippen LogP contribution in [0, 0.1) is 0 Å². The summed E-state index contributed by atoms with van der Waals surface area (Å²) in [4.78, 5) is 0. The van der Waals surface area contributed by atoms with Crippen LogP contribution in [0.5, 0.6) is 0 Å². The van der Waals surface area contributed by atoms with Crippen LogP contribution in [0.15, 0.2) is 36.8 Å². The molecule has 0 unspecified atom stereocenters. The maximum absolute atomic E-state index is 4.70. The molecule has 4 nitrogen and oxygen atoms in total. The average Bonchev–Trinajstić information content (AvgIpc) is 3.04. The third-order valence-electron chi connectivity index (χ3n) is 3.63. The van der Waals surface area contributed by atoms with Gasteiger partial charge in [-0.1, -0.05) is 0 Å². The van der Waals surface area contributed by atoms with Crippen molar-refractivity contribution in [3.05, 3.63) is 48.0 Å². The van der Waals surface area contributed by atoms with E-state index in [1.165, 1.54) is 30.5 Å². The van der Waals surface area contributed by atoms with Crippen LogP contribution in [0.2, 0.25) is 0 Å². The Morgan fingerprint density at radius 1 is 1.11 bits per heavy atom. The monoisotopic (exact) mass is 238 g/mol. The van der Waals surface area contributed by atoms with E-state index in [1.807, 2.05) is 27.7 Å². The zero-order valence-corrected chi connectivity index (χ0v) is 10.1. The van der Waals surface area contributed by atoms with E-state index in [1.54, 1.807) is 0 Å². The summed E-state index contributed by atoms with van der Waals surface area (Å²) in [6.07, 6.45) is 10.8. The summed E-state index contributed by atoms with van der Waals surface area (Å²) in [7, 11) is 0. The highest BCUT2D eigenvalue weighted by atomic mass is 15.3. The van der Waals surface area contributed by atoms with Crippen molar-refractivity contribution in [1.29, 1.82) is 0 Å². The van der Waals surface area contributed by atoms with Gasteiger partial charge in [0.15, 0.2) is 0 Å². The Kier molecular flexibility index (Phi) is 2.03. The predicted molar refractivity (Wildman–Crippen MR) is 69.0 cm³/mol. The number of hydrogen-bond donors (Lipinski definition) is 0. The van der Waals surface area contributed by atoms with E-state index in [2.05, 4.69) is 23.4 Å². The van der Waals surface area contributed by atoms with Crippen LogP contribution >= 0.6 is 0 Å². The lowest BCUT2D eigenvalue weighted by molar-refractivity contribution is 0.671. The molecule has 90 valence electrons. The third-order valence-corrected chi connectivity index (χ3v) is 3.63. The highest BCUT2D eigenvalue weighted by Crippen LogP contribution is 2.21. The summed E-state index contributed by atoms with van der Waals surface area (Å²) in [5.41, 5.74) is 4.89. The van der Waals surface area contributed by atoms with Crippen molar-refractivity contribution >= 4 is 5.52 Å². The standard InChI is InChI=1S/C14H14N4/c1-2-4-14-11(3-1)10-18(16-14)13-6-8-17-12(9-13)5-7-15-17/h5-10H,1-4H2. The second-order valence-electron chi connectivity index (χ2n) is 4.84. The molecular formula is C14H14N4. The summed E-state index contributed by atoms with van der Waals surface area (Å²) < 4.78 is 3.87. The lowest BCUT2D eigenvalue weighted by atomic mass is 9.99. The van der Waals surface area contributed by atoms with Crippen LogP contribution < -0.4 is 0 Å². The molecule has 0 bridgehead atoms. The smallest absolute Gasteiger partial charge is 0.0683 e. The zero-order valence-electron chi connectivity index (χ0n) is 10.1. The van der Waals surface area contributed by atoms with Crippen molar-refractivity contribution in [3.63, 3.8) is 0 Å². The molecule has 0 saturated carbocycles. The molecule has 0 amide bonds. The van der Waals surface area contributed by atoms with Gasteiger partial charge in [0.2, 0.25) is 0 Å². The number of aromatic nitrogens is 4. The largest absolute Gasteiger partial charge is 0.241 e. The van der Waals surface area contributed by atoms with Gasteiger partial charge in [0.25, 0.3) is 0 Å². The van der Waals surface area contributed by atoms with Crippen molar-refractivity contribution < 1.29 is 0 Å². The molecule has 0 aliphatic heterocycles. The fourth-order valence-electron chi connectivity index (χ4n) is 2.66. The molecule has 0 N–H and O–H groups in total. The van der Waals surface area contributed by atoms with Crippen LogP contribution in [0.3, 0.4) is 0 Å². The molecule has 1 aliphatic rings. The number of hydrogen-bond acceptors (Lipinski definition) is 2. The third kappa shape index (κ3) is 1.45. The zero-order chi connectivity index (χ0) is 11.9. The Balaban J connectivity index is 1.83. The minimum Gasteiger partial charge on any atom is -0.241 e. The lowest BCUT2D eigenvalue weighted by Gasteiger charge is -2.06. The summed E-state index contributed by atoms with van der Waals surface area (Å²) in [6, 6.07) is 6.18. The first-order valence-corrected chi connectivity index (χ1v) is 6.41. The molecule has 18 heavy (non-hydrogen) atoms. The second-order valence-corrected chi connectivity index (χ2v) is 4.84. The molecule has 0 fully saturated rings. The van der Waals surface area contributed by atoms with E-state index in [4.69, 9.17) is 5.10 Å². The van der Waals surface area contributed by atoms with Crippen LogP contribution in [0.4, 0.5) is 0 Å².